The molecule has 6 heteroatoms. The second kappa shape index (κ2) is 6.11. The van der Waals surface area contributed by atoms with Crippen molar-refractivity contribution in [3.63, 3.8) is 0 Å². The molecular formula is C12H16ClN3O2. The summed E-state index contributed by atoms with van der Waals surface area (Å²) in [6, 6.07) is -0.208. The van der Waals surface area contributed by atoms with Crippen LogP contribution in [0.4, 0.5) is 0 Å². The molecule has 0 bridgehead atoms. The van der Waals surface area contributed by atoms with E-state index in [0.717, 1.165) is 32.1 Å². The standard InChI is InChI=1S/C12H16ClN3O2/c13-11-7-14-6-9(15-11)12(18)16-8-4-2-1-3-5-10(8)17/h6-8,10,17H,1-5H2,(H,16,18). The zero-order valence-corrected chi connectivity index (χ0v) is 10.7. The number of aliphatic hydroxyl groups is 1. The van der Waals surface area contributed by atoms with Crippen molar-refractivity contribution in [1.82, 2.24) is 15.3 Å². The SMILES string of the molecule is O=C(NC1CCCCCC1O)c1cncc(Cl)n1. The molecular weight excluding hydrogens is 254 g/mol. The maximum absolute atomic E-state index is 11.9. The Balaban J connectivity index is 2.01. The van der Waals surface area contributed by atoms with E-state index < -0.39 is 6.10 Å². The van der Waals surface area contributed by atoms with E-state index in [-0.39, 0.29) is 22.8 Å². The van der Waals surface area contributed by atoms with Crippen LogP contribution in [0.25, 0.3) is 0 Å². The van der Waals surface area contributed by atoms with Crippen molar-refractivity contribution in [2.45, 2.75) is 44.2 Å². The lowest BCUT2D eigenvalue weighted by atomic mass is 10.1. The van der Waals surface area contributed by atoms with Gasteiger partial charge in [0.1, 0.15) is 10.8 Å². The number of nitrogens with one attached hydrogen (secondary N) is 1. The molecule has 1 aromatic rings. The lowest BCUT2D eigenvalue weighted by Gasteiger charge is -2.21. The number of rotatable bonds is 2. The predicted octanol–water partition coefficient (Wildman–Crippen LogP) is 1.55. The molecule has 1 aromatic heterocycles. The number of nitrogens with zero attached hydrogens (tertiary/aromatic N) is 2. The number of carbonyl (C=O) groups excluding carboxylic acids is 1. The van der Waals surface area contributed by atoms with Crippen molar-refractivity contribution in [2.24, 2.45) is 0 Å². The molecule has 1 amide bonds. The zero-order valence-electron chi connectivity index (χ0n) is 9.97. The molecule has 2 N–H and O–H groups in total. The van der Waals surface area contributed by atoms with Crippen LogP contribution < -0.4 is 5.32 Å². The van der Waals surface area contributed by atoms with Crippen molar-refractivity contribution in [3.8, 4) is 0 Å². The Hall–Kier alpha value is -1.20. The second-order valence-corrected chi connectivity index (χ2v) is 4.90. The van der Waals surface area contributed by atoms with Crippen LogP contribution in [-0.4, -0.2) is 33.1 Å². The molecule has 0 spiro atoms. The van der Waals surface area contributed by atoms with Crippen LogP contribution in [0, 0.1) is 0 Å². The summed E-state index contributed by atoms with van der Waals surface area (Å²) < 4.78 is 0. The Morgan fingerprint density at radius 2 is 2.11 bits per heavy atom. The molecule has 0 radical (unpaired) electrons. The molecule has 0 aromatic carbocycles. The highest BCUT2D eigenvalue weighted by Gasteiger charge is 2.24. The van der Waals surface area contributed by atoms with Crippen molar-refractivity contribution < 1.29 is 9.90 Å². The number of hydrogen-bond donors (Lipinski definition) is 2. The smallest absolute Gasteiger partial charge is 0.271 e. The topological polar surface area (TPSA) is 75.1 Å². The summed E-state index contributed by atoms with van der Waals surface area (Å²) >= 11 is 5.68. The number of hydrogen-bond acceptors (Lipinski definition) is 4. The Morgan fingerprint density at radius 1 is 1.33 bits per heavy atom. The van der Waals surface area contributed by atoms with Crippen LogP contribution in [0.2, 0.25) is 5.15 Å². The van der Waals surface area contributed by atoms with Gasteiger partial charge in [-0.15, -0.1) is 0 Å². The van der Waals surface area contributed by atoms with Crippen LogP contribution in [0.1, 0.15) is 42.6 Å². The molecule has 0 aliphatic heterocycles. The summed E-state index contributed by atoms with van der Waals surface area (Å²) in [5.41, 5.74) is 0.180. The largest absolute Gasteiger partial charge is 0.391 e. The van der Waals surface area contributed by atoms with E-state index >= 15 is 0 Å². The van der Waals surface area contributed by atoms with Gasteiger partial charge in [0, 0.05) is 0 Å². The lowest BCUT2D eigenvalue weighted by Crippen LogP contribution is -2.43. The zero-order chi connectivity index (χ0) is 13.0. The van der Waals surface area contributed by atoms with E-state index in [4.69, 9.17) is 11.6 Å². The summed E-state index contributed by atoms with van der Waals surface area (Å²) in [4.78, 5) is 19.7. The summed E-state index contributed by atoms with van der Waals surface area (Å²) in [6.07, 6.45) is 6.90. The Bertz CT molecular complexity index is 428. The first kappa shape index (κ1) is 13.2. The van der Waals surface area contributed by atoms with Gasteiger partial charge in [-0.2, -0.15) is 0 Å². The average Bonchev–Trinajstić information content (AvgIpc) is 2.55. The van der Waals surface area contributed by atoms with Crippen LogP contribution >= 0.6 is 11.6 Å². The van der Waals surface area contributed by atoms with E-state index in [1.165, 1.54) is 12.4 Å². The molecule has 1 aliphatic carbocycles. The van der Waals surface area contributed by atoms with Crippen LogP contribution in [-0.2, 0) is 0 Å². The van der Waals surface area contributed by atoms with Gasteiger partial charge >= 0.3 is 0 Å². The number of amides is 1. The lowest BCUT2D eigenvalue weighted by molar-refractivity contribution is 0.0814. The normalized spacial score (nSPS) is 24.3. The molecule has 1 aliphatic rings. The summed E-state index contributed by atoms with van der Waals surface area (Å²) in [5.74, 6) is -0.337. The molecule has 1 heterocycles. The fourth-order valence-electron chi connectivity index (χ4n) is 2.15. The quantitative estimate of drug-likeness (QED) is 0.799. The molecule has 1 saturated carbocycles. The number of carbonyl (C=O) groups is 1. The monoisotopic (exact) mass is 269 g/mol. The van der Waals surface area contributed by atoms with Crippen LogP contribution in [0.15, 0.2) is 12.4 Å². The maximum Gasteiger partial charge on any atom is 0.271 e. The van der Waals surface area contributed by atoms with Crippen LogP contribution in [0.5, 0.6) is 0 Å². The third kappa shape index (κ3) is 3.40. The minimum atomic E-state index is -0.483. The third-order valence-electron chi connectivity index (χ3n) is 3.13. The van der Waals surface area contributed by atoms with Gasteiger partial charge < -0.3 is 10.4 Å². The number of aliphatic hydroxyl groups excluding tert-OH is 1. The predicted molar refractivity (Wildman–Crippen MR) is 67.4 cm³/mol. The van der Waals surface area contributed by atoms with Crippen molar-refractivity contribution in [2.75, 3.05) is 0 Å². The van der Waals surface area contributed by atoms with Crippen LogP contribution in [0.3, 0.4) is 0 Å². The Morgan fingerprint density at radius 3 is 2.89 bits per heavy atom. The molecule has 18 heavy (non-hydrogen) atoms. The van der Waals surface area contributed by atoms with E-state index in [1.807, 2.05) is 0 Å². The maximum atomic E-state index is 11.9. The van der Waals surface area contributed by atoms with Gasteiger partial charge in [-0.05, 0) is 12.8 Å². The highest BCUT2D eigenvalue weighted by molar-refractivity contribution is 6.29. The van der Waals surface area contributed by atoms with Gasteiger partial charge in [-0.1, -0.05) is 30.9 Å². The molecule has 2 atom stereocenters. The minimum Gasteiger partial charge on any atom is -0.391 e. The second-order valence-electron chi connectivity index (χ2n) is 4.51. The van der Waals surface area contributed by atoms with E-state index in [9.17, 15) is 9.90 Å². The summed E-state index contributed by atoms with van der Waals surface area (Å²) in [5, 5.41) is 12.9. The fraction of sp³-hybridized carbons (Fsp3) is 0.583. The molecule has 1 fully saturated rings. The van der Waals surface area contributed by atoms with Gasteiger partial charge in [-0.25, -0.2) is 4.98 Å². The molecule has 0 saturated heterocycles. The summed E-state index contributed by atoms with van der Waals surface area (Å²) in [7, 11) is 0. The highest BCUT2D eigenvalue weighted by atomic mass is 35.5. The average molecular weight is 270 g/mol. The van der Waals surface area contributed by atoms with Gasteiger partial charge in [0.2, 0.25) is 0 Å². The van der Waals surface area contributed by atoms with E-state index in [1.54, 1.807) is 0 Å². The van der Waals surface area contributed by atoms with Crippen molar-refractivity contribution in [1.29, 1.82) is 0 Å². The number of halogens is 1. The minimum absolute atomic E-state index is 0.180. The Labute approximate surface area is 111 Å². The van der Waals surface area contributed by atoms with Crippen molar-refractivity contribution >= 4 is 17.5 Å². The molecule has 2 rings (SSSR count). The van der Waals surface area contributed by atoms with E-state index in [2.05, 4.69) is 15.3 Å². The van der Waals surface area contributed by atoms with Crippen molar-refractivity contribution in [3.05, 3.63) is 23.2 Å². The third-order valence-corrected chi connectivity index (χ3v) is 3.32. The summed E-state index contributed by atoms with van der Waals surface area (Å²) in [6.45, 7) is 0. The molecule has 5 nitrogen and oxygen atoms in total. The first-order chi connectivity index (χ1) is 8.66. The van der Waals surface area contributed by atoms with Gasteiger partial charge in [-0.3, -0.25) is 9.78 Å². The first-order valence-corrected chi connectivity index (χ1v) is 6.51. The van der Waals surface area contributed by atoms with Gasteiger partial charge in [0.05, 0.1) is 24.5 Å². The van der Waals surface area contributed by atoms with Gasteiger partial charge in [0.15, 0.2) is 0 Å². The highest BCUT2D eigenvalue weighted by Crippen LogP contribution is 2.18. The Kier molecular flexibility index (Phi) is 4.49. The van der Waals surface area contributed by atoms with E-state index in [0.29, 0.717) is 0 Å². The van der Waals surface area contributed by atoms with Gasteiger partial charge in [0.25, 0.3) is 5.91 Å². The molecule has 98 valence electrons. The molecule has 2 unspecified atom stereocenters. The number of aromatic nitrogens is 2. The fourth-order valence-corrected chi connectivity index (χ4v) is 2.30. The first-order valence-electron chi connectivity index (χ1n) is 6.13.